The summed E-state index contributed by atoms with van der Waals surface area (Å²) in [5.41, 5.74) is -3.21. The van der Waals surface area contributed by atoms with Crippen molar-refractivity contribution in [3.8, 4) is 0 Å². The minimum atomic E-state index is -4.86. The van der Waals surface area contributed by atoms with Gasteiger partial charge in [0.15, 0.2) is 0 Å². The van der Waals surface area contributed by atoms with E-state index in [0.717, 1.165) is 12.1 Å². The number of para-hydroxylation sites is 1. The number of amides is 1. The minimum Gasteiger partial charge on any atom is -0.459 e. The fourth-order valence-electron chi connectivity index (χ4n) is 1.73. The maximum Gasteiger partial charge on any atom is 0.420 e. The molecule has 22 heavy (non-hydrogen) atoms. The summed E-state index contributed by atoms with van der Waals surface area (Å²) < 4.78 is 80.6. The zero-order valence-electron chi connectivity index (χ0n) is 10.5. The zero-order valence-corrected chi connectivity index (χ0v) is 10.5. The molecule has 0 spiro atoms. The van der Waals surface area contributed by atoms with Gasteiger partial charge in [-0.05, 0) is 18.2 Å². The van der Waals surface area contributed by atoms with Crippen LogP contribution < -0.4 is 5.32 Å². The predicted octanol–water partition coefficient (Wildman–Crippen LogP) is 4.57. The Morgan fingerprint density at radius 2 is 1.50 bits per heavy atom. The van der Waals surface area contributed by atoms with Crippen molar-refractivity contribution in [2.45, 2.75) is 12.4 Å². The zero-order chi connectivity index (χ0) is 16.5. The molecule has 1 N–H and O–H groups in total. The number of hydrogen-bond acceptors (Lipinski definition) is 2. The number of carbonyl (C=O) groups excluding carboxylic acids is 1. The molecule has 1 aromatic carbocycles. The molecule has 0 saturated heterocycles. The first-order valence-electron chi connectivity index (χ1n) is 5.73. The summed E-state index contributed by atoms with van der Waals surface area (Å²) in [6.07, 6.45) is -8.99. The Bertz CT molecular complexity index is 686. The summed E-state index contributed by atoms with van der Waals surface area (Å²) in [4.78, 5) is 11.7. The van der Waals surface area contributed by atoms with Gasteiger partial charge in [-0.2, -0.15) is 26.3 Å². The number of benzene rings is 1. The molecule has 2 rings (SSSR count). The average Bonchev–Trinajstić information content (AvgIpc) is 2.87. The first kappa shape index (κ1) is 15.9. The highest BCUT2D eigenvalue weighted by atomic mass is 19.4. The van der Waals surface area contributed by atoms with Crippen LogP contribution in [0.25, 0.3) is 0 Å². The van der Waals surface area contributed by atoms with Gasteiger partial charge in [-0.25, -0.2) is 0 Å². The van der Waals surface area contributed by atoms with Crippen molar-refractivity contribution in [2.24, 2.45) is 0 Å². The van der Waals surface area contributed by atoms with E-state index in [0.29, 0.717) is 18.4 Å². The number of hydrogen-bond donors (Lipinski definition) is 1. The molecule has 9 heteroatoms. The van der Waals surface area contributed by atoms with Gasteiger partial charge in [0.1, 0.15) is 5.56 Å². The Morgan fingerprint density at radius 1 is 0.909 bits per heavy atom. The van der Waals surface area contributed by atoms with Crippen LogP contribution in [0.2, 0.25) is 0 Å². The van der Waals surface area contributed by atoms with E-state index < -0.39 is 40.8 Å². The maximum absolute atomic E-state index is 12.8. The highest BCUT2D eigenvalue weighted by Gasteiger charge is 2.38. The summed E-state index contributed by atoms with van der Waals surface area (Å²) in [6, 6.07) is 4.44. The summed E-state index contributed by atoms with van der Waals surface area (Å²) >= 11 is 0. The SMILES string of the molecule is O=C(Nc1ccccc1C(F)(F)F)c1occc1C(F)(F)F. The Labute approximate surface area is 119 Å². The van der Waals surface area contributed by atoms with Crippen LogP contribution in [-0.2, 0) is 12.4 Å². The lowest BCUT2D eigenvalue weighted by atomic mass is 10.1. The van der Waals surface area contributed by atoms with E-state index >= 15 is 0 Å². The third-order valence-electron chi connectivity index (χ3n) is 2.66. The van der Waals surface area contributed by atoms with Gasteiger partial charge in [-0.15, -0.1) is 0 Å². The van der Waals surface area contributed by atoms with Crippen molar-refractivity contribution in [3.63, 3.8) is 0 Å². The maximum atomic E-state index is 12.8. The van der Waals surface area contributed by atoms with Crippen LogP contribution in [0.1, 0.15) is 21.7 Å². The van der Waals surface area contributed by atoms with Crippen LogP contribution in [0, 0.1) is 0 Å². The molecule has 2 aromatic rings. The molecule has 0 radical (unpaired) electrons. The van der Waals surface area contributed by atoms with Gasteiger partial charge < -0.3 is 9.73 Å². The van der Waals surface area contributed by atoms with Crippen LogP contribution in [0.5, 0.6) is 0 Å². The average molecular weight is 323 g/mol. The third-order valence-corrected chi connectivity index (χ3v) is 2.66. The van der Waals surface area contributed by atoms with E-state index in [2.05, 4.69) is 4.42 Å². The molecule has 1 amide bonds. The topological polar surface area (TPSA) is 42.2 Å². The molecule has 0 aliphatic heterocycles. The molecule has 0 fully saturated rings. The van der Waals surface area contributed by atoms with Gasteiger partial charge in [0.2, 0.25) is 5.76 Å². The Balaban J connectivity index is 2.34. The van der Waals surface area contributed by atoms with Gasteiger partial charge in [-0.3, -0.25) is 4.79 Å². The second-order valence-electron chi connectivity index (χ2n) is 4.16. The summed E-state index contributed by atoms with van der Waals surface area (Å²) in [5.74, 6) is -2.53. The molecule has 0 atom stereocenters. The van der Waals surface area contributed by atoms with Gasteiger partial charge in [0.05, 0.1) is 17.5 Å². The largest absolute Gasteiger partial charge is 0.459 e. The summed E-state index contributed by atoms with van der Waals surface area (Å²) in [7, 11) is 0. The first-order chi connectivity index (χ1) is 10.1. The van der Waals surface area contributed by atoms with Crippen molar-refractivity contribution >= 4 is 11.6 Å². The molecule has 3 nitrogen and oxygen atoms in total. The number of nitrogens with one attached hydrogen (secondary N) is 1. The molecular formula is C13H7F6NO2. The predicted molar refractivity (Wildman–Crippen MR) is 63.1 cm³/mol. The van der Waals surface area contributed by atoms with Crippen LogP contribution in [0.3, 0.4) is 0 Å². The number of alkyl halides is 6. The molecule has 0 aliphatic rings. The van der Waals surface area contributed by atoms with Crippen LogP contribution in [0.4, 0.5) is 32.0 Å². The second-order valence-corrected chi connectivity index (χ2v) is 4.16. The van der Waals surface area contributed by atoms with E-state index in [4.69, 9.17) is 0 Å². The number of halogens is 6. The molecule has 1 aromatic heterocycles. The normalized spacial score (nSPS) is 12.3. The Hall–Kier alpha value is -2.45. The summed E-state index contributed by atoms with van der Waals surface area (Å²) in [5, 5.41) is 1.78. The van der Waals surface area contributed by atoms with E-state index in [-0.39, 0.29) is 0 Å². The van der Waals surface area contributed by atoms with Crippen LogP contribution >= 0.6 is 0 Å². The fraction of sp³-hybridized carbons (Fsp3) is 0.154. The fourth-order valence-corrected chi connectivity index (χ4v) is 1.73. The third kappa shape index (κ3) is 3.23. The van der Waals surface area contributed by atoms with Crippen molar-refractivity contribution in [2.75, 3.05) is 5.32 Å². The standard InChI is InChI=1S/C13H7F6NO2/c14-12(15,16)7-3-1-2-4-9(7)20-11(21)10-8(5-6-22-10)13(17,18)19/h1-6H,(H,20,21). The lowest BCUT2D eigenvalue weighted by Crippen LogP contribution is -2.19. The van der Waals surface area contributed by atoms with E-state index in [9.17, 15) is 31.1 Å². The number of anilines is 1. The van der Waals surface area contributed by atoms with Gasteiger partial charge >= 0.3 is 12.4 Å². The monoisotopic (exact) mass is 323 g/mol. The molecule has 0 unspecified atom stereocenters. The van der Waals surface area contributed by atoms with Gasteiger partial charge in [0, 0.05) is 0 Å². The first-order valence-corrected chi connectivity index (χ1v) is 5.73. The van der Waals surface area contributed by atoms with Gasteiger partial charge in [0.25, 0.3) is 5.91 Å². The second kappa shape index (κ2) is 5.39. The van der Waals surface area contributed by atoms with Crippen molar-refractivity contribution in [1.82, 2.24) is 0 Å². The van der Waals surface area contributed by atoms with Crippen LogP contribution in [0.15, 0.2) is 41.0 Å². The molecule has 118 valence electrons. The molecule has 0 saturated carbocycles. The number of furan rings is 1. The molecular weight excluding hydrogens is 316 g/mol. The molecule has 1 heterocycles. The van der Waals surface area contributed by atoms with Gasteiger partial charge in [-0.1, -0.05) is 12.1 Å². The minimum absolute atomic E-state index is 0.518. The quantitative estimate of drug-likeness (QED) is 0.823. The Morgan fingerprint density at radius 3 is 2.09 bits per heavy atom. The van der Waals surface area contributed by atoms with E-state index in [1.807, 2.05) is 0 Å². The molecule has 0 aliphatic carbocycles. The van der Waals surface area contributed by atoms with E-state index in [1.165, 1.54) is 6.07 Å². The highest BCUT2D eigenvalue weighted by molar-refractivity contribution is 6.03. The Kier molecular flexibility index (Phi) is 3.90. The van der Waals surface area contributed by atoms with Crippen LogP contribution in [-0.4, -0.2) is 5.91 Å². The van der Waals surface area contributed by atoms with Crippen molar-refractivity contribution < 1.29 is 35.6 Å². The van der Waals surface area contributed by atoms with E-state index in [1.54, 1.807) is 5.32 Å². The summed E-state index contributed by atoms with van der Waals surface area (Å²) in [6.45, 7) is 0. The number of rotatable bonds is 2. The number of carbonyl (C=O) groups is 1. The smallest absolute Gasteiger partial charge is 0.420 e. The lowest BCUT2D eigenvalue weighted by Gasteiger charge is -2.13. The van der Waals surface area contributed by atoms with Crippen molar-refractivity contribution in [3.05, 3.63) is 53.5 Å². The molecule has 0 bridgehead atoms. The highest BCUT2D eigenvalue weighted by Crippen LogP contribution is 2.36. The lowest BCUT2D eigenvalue weighted by molar-refractivity contribution is -0.138. The van der Waals surface area contributed by atoms with Crippen molar-refractivity contribution in [1.29, 1.82) is 0 Å².